The van der Waals surface area contributed by atoms with E-state index in [9.17, 15) is 14.7 Å². The van der Waals surface area contributed by atoms with E-state index in [4.69, 9.17) is 11.6 Å². The predicted octanol–water partition coefficient (Wildman–Crippen LogP) is 3.82. The van der Waals surface area contributed by atoms with Crippen LogP contribution in [0.1, 0.15) is 36.5 Å². The minimum Gasteiger partial charge on any atom is -0.481 e. The van der Waals surface area contributed by atoms with Crippen molar-refractivity contribution >= 4 is 39.4 Å². The van der Waals surface area contributed by atoms with Gasteiger partial charge in [0.2, 0.25) is 0 Å². The lowest BCUT2D eigenvalue weighted by molar-refractivity contribution is -0.152. The smallest absolute Gasteiger partial charge is 0.309 e. The standard InChI is InChI=1S/C15H17BrClNO3/c1-2-15(14(20)21)5-7-18(8-6-15)13(19)11-4-3-10(17)9-12(11)16/h3-4,9H,2,5-8H2,1H3,(H,20,21). The second-order valence-electron chi connectivity index (χ2n) is 5.36. The summed E-state index contributed by atoms with van der Waals surface area (Å²) >= 11 is 9.23. The Kier molecular flexibility index (Phi) is 4.94. The molecule has 0 saturated carbocycles. The number of piperidine rings is 1. The maximum atomic E-state index is 12.5. The van der Waals surface area contributed by atoms with Gasteiger partial charge in [0.05, 0.1) is 11.0 Å². The lowest BCUT2D eigenvalue weighted by atomic mass is 9.76. The number of carbonyl (C=O) groups excluding carboxylic acids is 1. The number of carbonyl (C=O) groups is 2. The quantitative estimate of drug-likeness (QED) is 0.875. The van der Waals surface area contributed by atoms with Crippen LogP contribution in [0.3, 0.4) is 0 Å². The summed E-state index contributed by atoms with van der Waals surface area (Å²) < 4.78 is 0.658. The number of hydrogen-bond acceptors (Lipinski definition) is 2. The molecule has 0 radical (unpaired) electrons. The highest BCUT2D eigenvalue weighted by atomic mass is 79.9. The summed E-state index contributed by atoms with van der Waals surface area (Å²) in [4.78, 5) is 25.6. The molecule has 21 heavy (non-hydrogen) atoms. The fourth-order valence-electron chi connectivity index (χ4n) is 2.69. The van der Waals surface area contributed by atoms with E-state index < -0.39 is 11.4 Å². The van der Waals surface area contributed by atoms with E-state index in [0.717, 1.165) is 0 Å². The van der Waals surface area contributed by atoms with Gasteiger partial charge in [-0.1, -0.05) is 18.5 Å². The van der Waals surface area contributed by atoms with Gasteiger partial charge in [-0.3, -0.25) is 9.59 Å². The molecule has 0 spiro atoms. The van der Waals surface area contributed by atoms with Crippen molar-refractivity contribution in [2.45, 2.75) is 26.2 Å². The molecule has 0 atom stereocenters. The van der Waals surface area contributed by atoms with Crippen molar-refractivity contribution in [3.8, 4) is 0 Å². The van der Waals surface area contributed by atoms with Gasteiger partial charge in [0.25, 0.3) is 5.91 Å². The Hall–Kier alpha value is -1.07. The van der Waals surface area contributed by atoms with Crippen LogP contribution in [0.15, 0.2) is 22.7 Å². The highest BCUT2D eigenvalue weighted by Gasteiger charge is 2.41. The molecule has 0 unspecified atom stereocenters. The molecule has 1 fully saturated rings. The summed E-state index contributed by atoms with van der Waals surface area (Å²) in [7, 11) is 0. The first-order valence-corrected chi connectivity index (χ1v) is 8.04. The third-order valence-corrected chi connectivity index (χ3v) is 5.19. The number of benzene rings is 1. The number of carboxylic acid groups (broad SMARTS) is 1. The largest absolute Gasteiger partial charge is 0.481 e. The van der Waals surface area contributed by atoms with Gasteiger partial charge in [-0.2, -0.15) is 0 Å². The van der Waals surface area contributed by atoms with Crippen LogP contribution in [-0.2, 0) is 4.79 Å². The molecule has 1 aliphatic heterocycles. The van der Waals surface area contributed by atoms with E-state index in [-0.39, 0.29) is 5.91 Å². The van der Waals surface area contributed by atoms with E-state index in [1.54, 1.807) is 23.1 Å². The Balaban J connectivity index is 2.12. The van der Waals surface area contributed by atoms with Crippen LogP contribution in [0, 0.1) is 5.41 Å². The van der Waals surface area contributed by atoms with Gasteiger partial charge in [0.15, 0.2) is 0 Å². The van der Waals surface area contributed by atoms with Crippen LogP contribution in [0.2, 0.25) is 5.02 Å². The molecule has 0 bridgehead atoms. The van der Waals surface area contributed by atoms with E-state index in [1.807, 2.05) is 6.92 Å². The highest BCUT2D eigenvalue weighted by molar-refractivity contribution is 9.10. The second kappa shape index (κ2) is 6.36. The first-order chi connectivity index (χ1) is 9.89. The molecule has 0 aromatic heterocycles. The van der Waals surface area contributed by atoms with Crippen LogP contribution in [0.5, 0.6) is 0 Å². The van der Waals surface area contributed by atoms with E-state index in [1.165, 1.54) is 0 Å². The summed E-state index contributed by atoms with van der Waals surface area (Å²) in [5, 5.41) is 9.94. The number of rotatable bonds is 3. The van der Waals surface area contributed by atoms with Gasteiger partial charge in [0, 0.05) is 22.6 Å². The Labute approximate surface area is 137 Å². The fraction of sp³-hybridized carbons (Fsp3) is 0.467. The van der Waals surface area contributed by atoms with Crippen molar-refractivity contribution in [2.24, 2.45) is 5.41 Å². The van der Waals surface area contributed by atoms with Crippen molar-refractivity contribution in [1.29, 1.82) is 0 Å². The molecule has 1 aliphatic rings. The summed E-state index contributed by atoms with van der Waals surface area (Å²) in [6, 6.07) is 5.05. The van der Waals surface area contributed by atoms with Gasteiger partial charge < -0.3 is 10.0 Å². The average Bonchev–Trinajstić information content (AvgIpc) is 2.46. The Bertz CT molecular complexity index is 568. The third-order valence-electron chi connectivity index (χ3n) is 4.30. The van der Waals surface area contributed by atoms with Crippen molar-refractivity contribution in [3.05, 3.63) is 33.3 Å². The molecule has 1 amide bonds. The topological polar surface area (TPSA) is 57.6 Å². The molecule has 1 saturated heterocycles. The Morgan fingerprint density at radius 2 is 2.00 bits per heavy atom. The van der Waals surface area contributed by atoms with Gasteiger partial charge in [-0.15, -0.1) is 0 Å². The number of hydrogen-bond donors (Lipinski definition) is 1. The van der Waals surface area contributed by atoms with E-state index in [2.05, 4.69) is 15.9 Å². The number of carboxylic acids is 1. The van der Waals surface area contributed by atoms with Gasteiger partial charge >= 0.3 is 5.97 Å². The minimum absolute atomic E-state index is 0.0892. The van der Waals surface area contributed by atoms with Crippen molar-refractivity contribution < 1.29 is 14.7 Å². The molecular formula is C15H17BrClNO3. The zero-order chi connectivity index (χ0) is 15.6. The van der Waals surface area contributed by atoms with Crippen molar-refractivity contribution in [3.63, 3.8) is 0 Å². The van der Waals surface area contributed by atoms with Crippen molar-refractivity contribution in [1.82, 2.24) is 4.90 Å². The Morgan fingerprint density at radius 1 is 1.38 bits per heavy atom. The molecule has 1 aromatic rings. The maximum absolute atomic E-state index is 12.5. The molecule has 1 N–H and O–H groups in total. The predicted molar refractivity (Wildman–Crippen MR) is 84.6 cm³/mol. The number of aliphatic carboxylic acids is 1. The lowest BCUT2D eigenvalue weighted by Gasteiger charge is -2.38. The first-order valence-electron chi connectivity index (χ1n) is 6.87. The second-order valence-corrected chi connectivity index (χ2v) is 6.65. The molecule has 4 nitrogen and oxygen atoms in total. The number of likely N-dealkylation sites (tertiary alicyclic amines) is 1. The zero-order valence-electron chi connectivity index (χ0n) is 11.7. The summed E-state index contributed by atoms with van der Waals surface area (Å²) in [6.45, 7) is 2.82. The monoisotopic (exact) mass is 373 g/mol. The molecule has 1 aromatic carbocycles. The van der Waals surface area contributed by atoms with Gasteiger partial charge in [-0.25, -0.2) is 0 Å². The SMILES string of the molecule is CCC1(C(=O)O)CCN(C(=O)c2ccc(Cl)cc2Br)CC1. The highest BCUT2D eigenvalue weighted by Crippen LogP contribution is 2.36. The molecule has 2 rings (SSSR count). The third kappa shape index (κ3) is 3.24. The van der Waals surface area contributed by atoms with Crippen LogP contribution in [0.4, 0.5) is 0 Å². The molecule has 114 valence electrons. The summed E-state index contributed by atoms with van der Waals surface area (Å²) in [5.74, 6) is -0.849. The van der Waals surface area contributed by atoms with Crippen LogP contribution in [-0.4, -0.2) is 35.0 Å². The van der Waals surface area contributed by atoms with Crippen LogP contribution >= 0.6 is 27.5 Å². The van der Waals surface area contributed by atoms with Crippen molar-refractivity contribution in [2.75, 3.05) is 13.1 Å². The normalized spacial score (nSPS) is 17.6. The summed E-state index contributed by atoms with van der Waals surface area (Å²) in [6.07, 6.45) is 1.58. The molecule has 0 aliphatic carbocycles. The molecular weight excluding hydrogens is 358 g/mol. The zero-order valence-corrected chi connectivity index (χ0v) is 14.1. The van der Waals surface area contributed by atoms with Crippen LogP contribution in [0.25, 0.3) is 0 Å². The van der Waals surface area contributed by atoms with Gasteiger partial charge in [-0.05, 0) is 53.4 Å². The molecule has 1 heterocycles. The fourth-order valence-corrected chi connectivity index (χ4v) is 3.54. The number of amides is 1. The lowest BCUT2D eigenvalue weighted by Crippen LogP contribution is -2.46. The number of halogens is 2. The number of nitrogens with zero attached hydrogens (tertiary/aromatic N) is 1. The summed E-state index contributed by atoms with van der Waals surface area (Å²) in [5.41, 5.74) is -0.132. The maximum Gasteiger partial charge on any atom is 0.309 e. The van der Waals surface area contributed by atoms with Gasteiger partial charge in [0.1, 0.15) is 0 Å². The van der Waals surface area contributed by atoms with Crippen LogP contribution < -0.4 is 0 Å². The molecule has 6 heteroatoms. The van der Waals surface area contributed by atoms with E-state index in [0.29, 0.717) is 47.4 Å². The first kappa shape index (κ1) is 16.3. The Morgan fingerprint density at radius 3 is 2.48 bits per heavy atom. The average molecular weight is 375 g/mol. The van der Waals surface area contributed by atoms with E-state index >= 15 is 0 Å². The minimum atomic E-state index is -0.759.